The number of aromatic nitrogens is 2. The van der Waals surface area contributed by atoms with Gasteiger partial charge in [0.05, 0.1) is 11.7 Å². The molecule has 1 aliphatic rings. The third-order valence-electron chi connectivity index (χ3n) is 4.25. The number of aliphatic hydroxyl groups excluding tert-OH is 1. The van der Waals surface area contributed by atoms with Crippen molar-refractivity contribution in [1.82, 2.24) is 15.3 Å². The molecule has 1 heterocycles. The second kappa shape index (κ2) is 6.91. The highest BCUT2D eigenvalue weighted by molar-refractivity contribution is 6.28. The lowest BCUT2D eigenvalue weighted by molar-refractivity contribution is 0.0642. The molecule has 0 fully saturated rings. The molecule has 0 spiro atoms. The molecule has 0 radical (unpaired) electrons. The van der Waals surface area contributed by atoms with Crippen molar-refractivity contribution in [1.29, 1.82) is 0 Å². The Morgan fingerprint density at radius 3 is 2.43 bits per heavy atom. The van der Waals surface area contributed by atoms with Crippen molar-refractivity contribution >= 4 is 17.4 Å². The van der Waals surface area contributed by atoms with Crippen LogP contribution in [0.1, 0.15) is 52.3 Å². The van der Waals surface area contributed by atoms with Gasteiger partial charge in [-0.1, -0.05) is 13.8 Å². The van der Waals surface area contributed by atoms with Gasteiger partial charge in [-0.25, -0.2) is 9.97 Å². The Balaban J connectivity index is 2.34. The summed E-state index contributed by atoms with van der Waals surface area (Å²) >= 11 is 6.12. The average Bonchev–Trinajstić information content (AvgIpc) is 2.82. The first-order chi connectivity index (χ1) is 10.6. The number of halogens is 1. The van der Waals surface area contributed by atoms with Crippen LogP contribution in [0.3, 0.4) is 0 Å². The van der Waals surface area contributed by atoms with Crippen molar-refractivity contribution < 1.29 is 5.11 Å². The minimum Gasteiger partial charge on any atom is -0.376 e. The number of fused-ring (bicyclic) bond motifs is 1. The van der Waals surface area contributed by atoms with Crippen molar-refractivity contribution in [2.24, 2.45) is 5.92 Å². The van der Waals surface area contributed by atoms with E-state index in [4.69, 9.17) is 11.6 Å². The number of rotatable bonds is 5. The van der Waals surface area contributed by atoms with Gasteiger partial charge < -0.3 is 10.0 Å². The fraction of sp³-hybridized carbons (Fsp3) is 0.765. The Morgan fingerprint density at radius 2 is 1.87 bits per heavy atom. The van der Waals surface area contributed by atoms with Crippen molar-refractivity contribution in [3.8, 4) is 0 Å². The highest BCUT2D eigenvalue weighted by Crippen LogP contribution is 2.32. The molecular weight excluding hydrogens is 312 g/mol. The van der Waals surface area contributed by atoms with Crippen LogP contribution >= 0.6 is 11.6 Å². The lowest BCUT2D eigenvalue weighted by Gasteiger charge is -2.39. The van der Waals surface area contributed by atoms with Gasteiger partial charge in [0.25, 0.3) is 0 Å². The normalized spacial score (nSPS) is 17.3. The summed E-state index contributed by atoms with van der Waals surface area (Å²) in [5.41, 5.74) is 2.05. The first-order valence-electron chi connectivity index (χ1n) is 8.34. The summed E-state index contributed by atoms with van der Waals surface area (Å²) in [6, 6.07) is -0.107. The van der Waals surface area contributed by atoms with Crippen LogP contribution in [0.5, 0.6) is 0 Å². The number of hydrogen-bond donors (Lipinski definition) is 2. The molecular formula is C17H29ClN4O. The minimum absolute atomic E-state index is 0.107. The number of aliphatic hydroxyl groups is 1. The molecule has 6 heteroatoms. The van der Waals surface area contributed by atoms with Crippen LogP contribution in [-0.4, -0.2) is 39.9 Å². The average molecular weight is 341 g/mol. The molecule has 2 rings (SSSR count). The minimum atomic E-state index is -0.661. The number of aryl methyl sites for hydroxylation is 1. The van der Waals surface area contributed by atoms with E-state index in [1.54, 1.807) is 0 Å². The van der Waals surface area contributed by atoms with E-state index in [1.807, 2.05) is 27.8 Å². The van der Waals surface area contributed by atoms with Gasteiger partial charge in [0.15, 0.2) is 0 Å². The molecule has 1 aliphatic carbocycles. The summed E-state index contributed by atoms with van der Waals surface area (Å²) in [5, 5.41) is 14.3. The Bertz CT molecular complexity index is 556. The topological polar surface area (TPSA) is 61.3 Å². The maximum Gasteiger partial charge on any atom is 0.224 e. The zero-order chi connectivity index (χ0) is 17.4. The Kier molecular flexibility index (Phi) is 5.54. The van der Waals surface area contributed by atoms with Crippen molar-refractivity contribution in [2.75, 3.05) is 11.9 Å². The monoisotopic (exact) mass is 340 g/mol. The van der Waals surface area contributed by atoms with E-state index in [0.29, 0.717) is 0 Å². The molecule has 5 nitrogen and oxygen atoms in total. The maximum absolute atomic E-state index is 10.7. The molecule has 23 heavy (non-hydrogen) atoms. The standard InChI is InChI=1S/C17H29ClN4O/c1-10(2)13(15(23)21-17(3,4)5)22(6)14-11-8-7-9-12(11)19-16(18)20-14/h10,13,15,21,23H,7-9H2,1-6H3/t13-,15?/m1/s1. The van der Waals surface area contributed by atoms with Crippen LogP contribution in [0.4, 0.5) is 5.82 Å². The van der Waals surface area contributed by atoms with Gasteiger partial charge in [0.2, 0.25) is 5.28 Å². The Hall–Kier alpha value is -0.910. The fourth-order valence-corrected chi connectivity index (χ4v) is 3.55. The third-order valence-corrected chi connectivity index (χ3v) is 4.42. The number of hydrogen-bond acceptors (Lipinski definition) is 5. The van der Waals surface area contributed by atoms with Gasteiger partial charge >= 0.3 is 0 Å². The zero-order valence-corrected chi connectivity index (χ0v) is 15.8. The van der Waals surface area contributed by atoms with Crippen LogP contribution in [0.25, 0.3) is 0 Å². The molecule has 0 saturated carbocycles. The zero-order valence-electron chi connectivity index (χ0n) is 15.0. The molecule has 0 aromatic carbocycles. The van der Waals surface area contributed by atoms with E-state index in [-0.39, 0.29) is 22.8 Å². The summed E-state index contributed by atoms with van der Waals surface area (Å²) < 4.78 is 0. The van der Waals surface area contributed by atoms with Gasteiger partial charge in [0.1, 0.15) is 12.0 Å². The lowest BCUT2D eigenvalue weighted by Crippen LogP contribution is -2.56. The van der Waals surface area contributed by atoms with E-state index in [0.717, 1.165) is 30.8 Å². The van der Waals surface area contributed by atoms with Crippen LogP contribution in [0.15, 0.2) is 0 Å². The Labute approximate surface area is 144 Å². The summed E-state index contributed by atoms with van der Waals surface area (Å²) in [6.45, 7) is 10.4. The number of likely N-dealkylation sites (N-methyl/N-ethyl adjacent to an activating group) is 1. The first kappa shape index (κ1) is 18.4. The molecule has 1 unspecified atom stereocenters. The molecule has 2 atom stereocenters. The SMILES string of the molecule is CC(C)[C@H](C(O)NC(C)(C)C)N(C)c1nc(Cl)nc2c1CCC2. The number of nitrogens with zero attached hydrogens (tertiary/aromatic N) is 3. The van der Waals surface area contributed by atoms with E-state index in [1.165, 1.54) is 5.56 Å². The predicted octanol–water partition coefficient (Wildman–Crippen LogP) is 2.79. The second-order valence-electron chi connectivity index (χ2n) is 7.78. The summed E-state index contributed by atoms with van der Waals surface area (Å²) in [7, 11) is 1.98. The highest BCUT2D eigenvalue weighted by Gasteiger charge is 2.32. The Morgan fingerprint density at radius 1 is 1.22 bits per heavy atom. The van der Waals surface area contributed by atoms with Crippen molar-refractivity contribution in [3.05, 3.63) is 16.5 Å². The van der Waals surface area contributed by atoms with E-state index in [2.05, 4.69) is 34.0 Å². The molecule has 0 aliphatic heterocycles. The highest BCUT2D eigenvalue weighted by atomic mass is 35.5. The second-order valence-corrected chi connectivity index (χ2v) is 8.12. The summed E-state index contributed by atoms with van der Waals surface area (Å²) in [4.78, 5) is 10.9. The number of nitrogens with one attached hydrogen (secondary N) is 1. The smallest absolute Gasteiger partial charge is 0.224 e. The lowest BCUT2D eigenvalue weighted by atomic mass is 9.98. The fourth-order valence-electron chi connectivity index (χ4n) is 3.37. The summed E-state index contributed by atoms with van der Waals surface area (Å²) in [5.74, 6) is 1.10. The molecule has 0 saturated heterocycles. The van der Waals surface area contributed by atoms with E-state index < -0.39 is 6.23 Å². The first-order valence-corrected chi connectivity index (χ1v) is 8.72. The molecule has 0 amide bonds. The molecule has 1 aromatic rings. The number of anilines is 1. The molecule has 1 aromatic heterocycles. The third kappa shape index (κ3) is 4.34. The van der Waals surface area contributed by atoms with Crippen LogP contribution in [0.2, 0.25) is 5.28 Å². The van der Waals surface area contributed by atoms with E-state index >= 15 is 0 Å². The van der Waals surface area contributed by atoms with Crippen molar-refractivity contribution in [2.45, 2.75) is 71.7 Å². The molecule has 0 bridgehead atoms. The maximum atomic E-state index is 10.7. The quantitative estimate of drug-likeness (QED) is 0.637. The van der Waals surface area contributed by atoms with Crippen LogP contribution in [-0.2, 0) is 12.8 Å². The largest absolute Gasteiger partial charge is 0.376 e. The van der Waals surface area contributed by atoms with E-state index in [9.17, 15) is 5.11 Å². The predicted molar refractivity (Wildman–Crippen MR) is 95.0 cm³/mol. The van der Waals surface area contributed by atoms with Gasteiger partial charge in [-0.05, 0) is 57.6 Å². The van der Waals surface area contributed by atoms with Crippen LogP contribution in [0, 0.1) is 5.92 Å². The van der Waals surface area contributed by atoms with Crippen molar-refractivity contribution in [3.63, 3.8) is 0 Å². The molecule has 2 N–H and O–H groups in total. The van der Waals surface area contributed by atoms with Crippen LogP contribution < -0.4 is 10.2 Å². The summed E-state index contributed by atoms with van der Waals surface area (Å²) in [6.07, 6.45) is 2.35. The molecule has 130 valence electrons. The van der Waals surface area contributed by atoms with Gasteiger partial charge in [0, 0.05) is 18.2 Å². The van der Waals surface area contributed by atoms with Gasteiger partial charge in [-0.15, -0.1) is 0 Å². The van der Waals surface area contributed by atoms with Gasteiger partial charge in [-0.2, -0.15) is 0 Å². The van der Waals surface area contributed by atoms with Gasteiger partial charge in [-0.3, -0.25) is 5.32 Å².